The van der Waals surface area contributed by atoms with Crippen LogP contribution in [0.25, 0.3) is 0 Å². The maximum Gasteiger partial charge on any atom is 0.0709 e. The summed E-state index contributed by atoms with van der Waals surface area (Å²) in [7, 11) is 0. The Morgan fingerprint density at radius 2 is 2.38 bits per heavy atom. The minimum absolute atomic E-state index is 0.149. The van der Waals surface area contributed by atoms with E-state index in [4.69, 9.17) is 9.84 Å². The lowest BCUT2D eigenvalue weighted by Crippen LogP contribution is -2.31. The first-order valence-electron chi connectivity index (χ1n) is 2.70. The van der Waals surface area contributed by atoms with Crippen LogP contribution >= 0.6 is 15.9 Å². The van der Waals surface area contributed by atoms with Gasteiger partial charge in [0, 0.05) is 6.61 Å². The topological polar surface area (TPSA) is 29.5 Å². The highest BCUT2D eigenvalue weighted by Gasteiger charge is 2.19. The largest absolute Gasteiger partial charge is 0.392 e. The van der Waals surface area contributed by atoms with Crippen LogP contribution < -0.4 is 0 Å². The number of ether oxygens (including phenoxy) is 1. The Kier molecular flexibility index (Phi) is 2.28. The molecule has 0 aromatic rings. The first-order chi connectivity index (χ1) is 3.80. The Hall–Kier alpha value is 0.400. The predicted molar refractivity (Wildman–Crippen MR) is 34.2 cm³/mol. The fourth-order valence-corrected chi connectivity index (χ4v) is 1.14. The third-order valence-corrected chi connectivity index (χ3v) is 2.13. The van der Waals surface area contributed by atoms with Crippen molar-refractivity contribution in [3.05, 3.63) is 0 Å². The van der Waals surface area contributed by atoms with Crippen LogP contribution in [-0.4, -0.2) is 29.3 Å². The van der Waals surface area contributed by atoms with E-state index < -0.39 is 0 Å². The average Bonchev–Trinajstić information content (AvgIpc) is 1.77. The molecule has 0 aromatic carbocycles. The van der Waals surface area contributed by atoms with E-state index in [1.54, 1.807) is 0 Å². The Balaban J connectivity index is 2.28. The molecule has 1 saturated heterocycles. The van der Waals surface area contributed by atoms with Crippen molar-refractivity contribution in [2.75, 3.05) is 13.2 Å². The van der Waals surface area contributed by atoms with E-state index >= 15 is 0 Å². The smallest absolute Gasteiger partial charge is 0.0709 e. The molecule has 0 saturated carbocycles. The molecule has 1 fully saturated rings. The summed E-state index contributed by atoms with van der Waals surface area (Å²) in [5, 5.41) is 9.05. The minimum atomic E-state index is -0.205. The second-order valence-electron chi connectivity index (χ2n) is 1.95. The van der Waals surface area contributed by atoms with Gasteiger partial charge in [-0.05, 0) is 6.42 Å². The maximum absolute atomic E-state index is 9.05. The summed E-state index contributed by atoms with van der Waals surface area (Å²) in [4.78, 5) is 0.149. The maximum atomic E-state index is 9.05. The minimum Gasteiger partial charge on any atom is -0.392 e. The number of halogens is 1. The van der Waals surface area contributed by atoms with Crippen LogP contribution in [0.5, 0.6) is 0 Å². The van der Waals surface area contributed by atoms with Crippen LogP contribution in [0, 0.1) is 0 Å². The van der Waals surface area contributed by atoms with Crippen molar-refractivity contribution in [3.63, 3.8) is 0 Å². The molecule has 1 aliphatic rings. The van der Waals surface area contributed by atoms with Gasteiger partial charge in [0.25, 0.3) is 0 Å². The summed E-state index contributed by atoms with van der Waals surface area (Å²) in [6, 6.07) is 0. The molecule has 0 radical (unpaired) electrons. The van der Waals surface area contributed by atoms with Crippen molar-refractivity contribution in [2.24, 2.45) is 0 Å². The second-order valence-corrected chi connectivity index (χ2v) is 3.12. The van der Waals surface area contributed by atoms with Gasteiger partial charge in [-0.3, -0.25) is 0 Å². The molecule has 8 heavy (non-hydrogen) atoms. The van der Waals surface area contributed by atoms with Gasteiger partial charge in [-0.1, -0.05) is 15.9 Å². The molecule has 0 aliphatic carbocycles. The highest BCUT2D eigenvalue weighted by atomic mass is 79.9. The molecule has 1 rings (SSSR count). The summed E-state index contributed by atoms with van der Waals surface area (Å²) in [6.07, 6.45) is 0.555. The van der Waals surface area contributed by atoms with Crippen LogP contribution in [0.15, 0.2) is 0 Å². The molecule has 48 valence electrons. The van der Waals surface area contributed by atoms with Gasteiger partial charge in [0.15, 0.2) is 0 Å². The van der Waals surface area contributed by atoms with Crippen molar-refractivity contribution in [3.8, 4) is 0 Å². The first kappa shape index (κ1) is 6.52. The van der Waals surface area contributed by atoms with E-state index in [1.165, 1.54) is 0 Å². The number of aliphatic hydroxyl groups excluding tert-OH is 1. The van der Waals surface area contributed by atoms with E-state index in [-0.39, 0.29) is 10.9 Å². The lowest BCUT2D eigenvalue weighted by atomic mass is 10.2. The highest BCUT2D eigenvalue weighted by Crippen LogP contribution is 2.14. The molecule has 1 N–H and O–H groups in total. The monoisotopic (exact) mass is 180 g/mol. The molecular formula is C5H9BrO2. The number of hydrogen-bond donors (Lipinski definition) is 1. The average molecular weight is 181 g/mol. The van der Waals surface area contributed by atoms with Gasteiger partial charge in [-0.15, -0.1) is 0 Å². The molecule has 0 spiro atoms. The SMILES string of the molecule is OC1CCOCC1Br. The summed E-state index contributed by atoms with van der Waals surface area (Å²) in [5.74, 6) is 0. The summed E-state index contributed by atoms with van der Waals surface area (Å²) < 4.78 is 5.05. The van der Waals surface area contributed by atoms with E-state index in [9.17, 15) is 0 Å². The highest BCUT2D eigenvalue weighted by molar-refractivity contribution is 9.09. The number of alkyl halides is 1. The van der Waals surface area contributed by atoms with Gasteiger partial charge in [0.1, 0.15) is 0 Å². The van der Waals surface area contributed by atoms with Crippen LogP contribution in [0.4, 0.5) is 0 Å². The van der Waals surface area contributed by atoms with Crippen molar-refractivity contribution in [1.29, 1.82) is 0 Å². The quantitative estimate of drug-likeness (QED) is 0.552. The molecule has 2 atom stereocenters. The third-order valence-electron chi connectivity index (χ3n) is 1.25. The van der Waals surface area contributed by atoms with Crippen molar-refractivity contribution >= 4 is 15.9 Å². The molecular weight excluding hydrogens is 172 g/mol. The molecule has 0 amide bonds. The van der Waals surface area contributed by atoms with Crippen molar-refractivity contribution < 1.29 is 9.84 Å². The Bertz CT molecular complexity index is 66.8. The molecule has 0 bridgehead atoms. The lowest BCUT2D eigenvalue weighted by Gasteiger charge is -2.22. The van der Waals surface area contributed by atoms with E-state index in [1.807, 2.05) is 0 Å². The number of aliphatic hydroxyl groups is 1. The summed E-state index contributed by atoms with van der Waals surface area (Å²) in [5.41, 5.74) is 0. The molecule has 1 heterocycles. The molecule has 2 unspecified atom stereocenters. The van der Waals surface area contributed by atoms with E-state index in [0.29, 0.717) is 13.2 Å². The molecule has 1 aliphatic heterocycles. The van der Waals surface area contributed by atoms with Crippen molar-refractivity contribution in [2.45, 2.75) is 17.4 Å². The van der Waals surface area contributed by atoms with Crippen molar-refractivity contribution in [1.82, 2.24) is 0 Å². The van der Waals surface area contributed by atoms with Crippen LogP contribution in [0.3, 0.4) is 0 Å². The number of rotatable bonds is 0. The Morgan fingerprint density at radius 1 is 1.62 bits per heavy atom. The summed E-state index contributed by atoms with van der Waals surface area (Å²) in [6.45, 7) is 1.34. The standard InChI is InChI=1S/C5H9BrO2/c6-4-3-8-2-1-5(4)7/h4-5,7H,1-3H2. The van der Waals surface area contributed by atoms with Gasteiger partial charge in [0.2, 0.25) is 0 Å². The van der Waals surface area contributed by atoms with Gasteiger partial charge in [-0.25, -0.2) is 0 Å². The van der Waals surface area contributed by atoms with Gasteiger partial charge in [0.05, 0.1) is 17.5 Å². The van der Waals surface area contributed by atoms with Gasteiger partial charge >= 0.3 is 0 Å². The zero-order valence-corrected chi connectivity index (χ0v) is 6.10. The van der Waals surface area contributed by atoms with Crippen LogP contribution in [-0.2, 0) is 4.74 Å². The second kappa shape index (κ2) is 2.80. The fourth-order valence-electron chi connectivity index (χ4n) is 0.692. The van der Waals surface area contributed by atoms with E-state index in [0.717, 1.165) is 6.42 Å². The lowest BCUT2D eigenvalue weighted by molar-refractivity contribution is 0.0220. The summed E-state index contributed by atoms with van der Waals surface area (Å²) >= 11 is 3.28. The molecule has 3 heteroatoms. The zero-order valence-electron chi connectivity index (χ0n) is 4.51. The Morgan fingerprint density at radius 3 is 2.75 bits per heavy atom. The number of hydrogen-bond acceptors (Lipinski definition) is 2. The zero-order chi connectivity index (χ0) is 5.98. The van der Waals surface area contributed by atoms with Crippen LogP contribution in [0.2, 0.25) is 0 Å². The fraction of sp³-hybridized carbons (Fsp3) is 1.00. The molecule has 0 aromatic heterocycles. The predicted octanol–water partition coefficient (Wildman–Crippen LogP) is 0.531. The van der Waals surface area contributed by atoms with Gasteiger partial charge in [-0.2, -0.15) is 0 Å². The van der Waals surface area contributed by atoms with E-state index in [2.05, 4.69) is 15.9 Å². The normalized spacial score (nSPS) is 39.8. The Labute approximate surface area is 57.0 Å². The van der Waals surface area contributed by atoms with Gasteiger partial charge < -0.3 is 9.84 Å². The van der Waals surface area contributed by atoms with Crippen LogP contribution in [0.1, 0.15) is 6.42 Å². The first-order valence-corrected chi connectivity index (χ1v) is 3.62. The third kappa shape index (κ3) is 1.44. The molecule has 2 nitrogen and oxygen atoms in total.